The molecule has 1 amide bonds. The molecule has 1 aliphatic rings. The molecule has 55 heavy (non-hydrogen) atoms. The minimum atomic E-state index is -1.62. The maximum atomic E-state index is 13.0. The lowest BCUT2D eigenvalue weighted by molar-refractivity contribution is -0.302. The van der Waals surface area contributed by atoms with E-state index in [0.29, 0.717) is 19.3 Å². The number of unbranched alkanes of at least 4 members (excludes halogenated alkanes) is 21. The summed E-state index contributed by atoms with van der Waals surface area (Å²) in [5.74, 6) is -0.631. The number of carbonyl (C=O) groups is 1. The van der Waals surface area contributed by atoms with Crippen molar-refractivity contribution < 1.29 is 44.9 Å². The van der Waals surface area contributed by atoms with Crippen LogP contribution in [0.5, 0.6) is 0 Å². The van der Waals surface area contributed by atoms with Crippen LogP contribution in [0.15, 0.2) is 36.5 Å². The Kier molecular flexibility index (Phi) is 33.2. The Morgan fingerprint density at radius 1 is 0.618 bits per heavy atom. The van der Waals surface area contributed by atoms with Gasteiger partial charge in [0.1, 0.15) is 30.5 Å². The number of aliphatic hydroxyl groups is 6. The summed E-state index contributed by atoms with van der Waals surface area (Å²) in [6.45, 7) is 3.54. The number of ether oxygens (including phenoxy) is 2. The summed E-state index contributed by atoms with van der Waals surface area (Å²) in [6.07, 6.45) is 32.3. The fourth-order valence-electron chi connectivity index (χ4n) is 6.84. The third-order valence-corrected chi connectivity index (χ3v) is 10.6. The van der Waals surface area contributed by atoms with Crippen LogP contribution in [0.4, 0.5) is 0 Å². The van der Waals surface area contributed by atoms with Crippen molar-refractivity contribution in [3.05, 3.63) is 36.5 Å². The maximum absolute atomic E-state index is 13.0. The molecular weight excluding hydrogens is 698 g/mol. The number of hydrogen-bond donors (Lipinski definition) is 7. The average molecular weight is 782 g/mol. The second-order valence-electron chi connectivity index (χ2n) is 15.6. The van der Waals surface area contributed by atoms with E-state index in [-0.39, 0.29) is 6.61 Å². The highest BCUT2D eigenvalue weighted by Gasteiger charge is 2.44. The van der Waals surface area contributed by atoms with Crippen molar-refractivity contribution in [2.75, 3.05) is 13.2 Å². The summed E-state index contributed by atoms with van der Waals surface area (Å²) in [6, 6.07) is -0.999. The van der Waals surface area contributed by atoms with E-state index in [9.17, 15) is 35.4 Å². The lowest BCUT2D eigenvalue weighted by Crippen LogP contribution is -2.60. The monoisotopic (exact) mass is 782 g/mol. The molecule has 8 atom stereocenters. The molecule has 8 unspecified atom stereocenters. The van der Waals surface area contributed by atoms with Crippen molar-refractivity contribution in [1.29, 1.82) is 0 Å². The van der Waals surface area contributed by atoms with Crippen LogP contribution in [0.25, 0.3) is 0 Å². The van der Waals surface area contributed by atoms with Gasteiger partial charge < -0.3 is 45.4 Å². The molecule has 0 aliphatic carbocycles. The normalized spacial score (nSPS) is 22.2. The van der Waals surface area contributed by atoms with Crippen LogP contribution in [0.1, 0.15) is 181 Å². The maximum Gasteiger partial charge on any atom is 0.249 e. The van der Waals surface area contributed by atoms with Crippen LogP contribution in [0.3, 0.4) is 0 Å². The van der Waals surface area contributed by atoms with Crippen molar-refractivity contribution in [3.63, 3.8) is 0 Å². The molecule has 0 saturated carbocycles. The zero-order chi connectivity index (χ0) is 40.4. The predicted molar refractivity (Wildman–Crippen MR) is 222 cm³/mol. The van der Waals surface area contributed by atoms with Crippen molar-refractivity contribution in [2.24, 2.45) is 0 Å². The first-order valence-electron chi connectivity index (χ1n) is 22.3. The Morgan fingerprint density at radius 2 is 1.07 bits per heavy atom. The fourth-order valence-corrected chi connectivity index (χ4v) is 6.84. The number of allylic oxidation sites excluding steroid dienone is 5. The molecule has 322 valence electrons. The van der Waals surface area contributed by atoms with Gasteiger partial charge in [0.15, 0.2) is 6.29 Å². The van der Waals surface area contributed by atoms with E-state index >= 15 is 0 Å². The van der Waals surface area contributed by atoms with Gasteiger partial charge in [-0.3, -0.25) is 4.79 Å². The van der Waals surface area contributed by atoms with Crippen LogP contribution in [-0.4, -0.2) is 98.7 Å². The summed E-state index contributed by atoms with van der Waals surface area (Å²) in [5, 5.41) is 64.5. The van der Waals surface area contributed by atoms with Gasteiger partial charge >= 0.3 is 0 Å². The van der Waals surface area contributed by atoms with E-state index in [0.717, 1.165) is 44.9 Å². The Balaban J connectivity index is 2.45. The van der Waals surface area contributed by atoms with Gasteiger partial charge in [0.05, 0.1) is 25.4 Å². The van der Waals surface area contributed by atoms with Crippen molar-refractivity contribution in [2.45, 2.75) is 230 Å². The average Bonchev–Trinajstić information content (AvgIpc) is 3.18. The predicted octanol–water partition coefficient (Wildman–Crippen LogP) is 7.86. The van der Waals surface area contributed by atoms with Gasteiger partial charge in [-0.1, -0.05) is 172 Å². The summed E-state index contributed by atoms with van der Waals surface area (Å²) < 4.78 is 11.1. The highest BCUT2D eigenvalue weighted by Crippen LogP contribution is 2.22. The minimum absolute atomic E-state index is 0.303. The quantitative estimate of drug-likeness (QED) is 0.0247. The third kappa shape index (κ3) is 26.1. The zero-order valence-electron chi connectivity index (χ0n) is 34.8. The molecule has 1 fully saturated rings. The molecule has 1 saturated heterocycles. The molecule has 0 aromatic heterocycles. The highest BCUT2D eigenvalue weighted by molar-refractivity contribution is 5.80. The van der Waals surface area contributed by atoms with Crippen LogP contribution in [0.2, 0.25) is 0 Å². The summed E-state index contributed by atoms with van der Waals surface area (Å²) in [5.41, 5.74) is 0. The first kappa shape index (κ1) is 51.4. The number of carbonyl (C=O) groups excluding carboxylic acids is 1. The molecule has 1 heterocycles. The van der Waals surface area contributed by atoms with Crippen molar-refractivity contribution in [1.82, 2.24) is 5.32 Å². The Bertz CT molecular complexity index is 974. The van der Waals surface area contributed by atoms with E-state index in [1.807, 2.05) is 6.08 Å². The van der Waals surface area contributed by atoms with Crippen molar-refractivity contribution >= 4 is 5.91 Å². The SMILES string of the molecule is CCCCC/C=C/CC/C=C/CC/C=C/C(O)C(COC1OC(CO)C(O)C(O)C1O)NC(=O)C(O)CCCCCCCCCCCCCCCCCCC. The molecule has 0 radical (unpaired) electrons. The number of hydrogen-bond acceptors (Lipinski definition) is 9. The highest BCUT2D eigenvalue weighted by atomic mass is 16.7. The smallest absolute Gasteiger partial charge is 0.249 e. The van der Waals surface area contributed by atoms with Crippen LogP contribution >= 0.6 is 0 Å². The summed E-state index contributed by atoms with van der Waals surface area (Å²) >= 11 is 0. The molecule has 1 rings (SSSR count). The van der Waals surface area contributed by atoms with Gasteiger partial charge in [0, 0.05) is 0 Å². The number of amides is 1. The Labute approximate surface area is 334 Å². The first-order chi connectivity index (χ1) is 26.8. The minimum Gasteiger partial charge on any atom is -0.394 e. The summed E-state index contributed by atoms with van der Waals surface area (Å²) in [7, 11) is 0. The van der Waals surface area contributed by atoms with Gasteiger partial charge in [0.2, 0.25) is 5.91 Å². The van der Waals surface area contributed by atoms with Gasteiger partial charge in [0.25, 0.3) is 0 Å². The second kappa shape index (κ2) is 35.5. The van der Waals surface area contributed by atoms with E-state index in [4.69, 9.17) is 9.47 Å². The zero-order valence-corrected chi connectivity index (χ0v) is 34.8. The van der Waals surface area contributed by atoms with E-state index in [1.54, 1.807) is 6.08 Å². The molecule has 7 N–H and O–H groups in total. The molecule has 10 nitrogen and oxygen atoms in total. The van der Waals surface area contributed by atoms with Crippen molar-refractivity contribution in [3.8, 4) is 0 Å². The summed E-state index contributed by atoms with van der Waals surface area (Å²) in [4.78, 5) is 13.0. The van der Waals surface area contributed by atoms with Gasteiger partial charge in [-0.05, 0) is 44.9 Å². The molecular formula is C45H83NO9. The van der Waals surface area contributed by atoms with Gasteiger partial charge in [-0.2, -0.15) is 0 Å². The van der Waals surface area contributed by atoms with E-state index in [2.05, 4.69) is 43.5 Å². The molecule has 0 spiro atoms. The van der Waals surface area contributed by atoms with E-state index in [1.165, 1.54) is 103 Å². The van der Waals surface area contributed by atoms with Crippen LogP contribution in [-0.2, 0) is 14.3 Å². The lowest BCUT2D eigenvalue weighted by atomic mass is 9.99. The molecule has 10 heteroatoms. The standard InChI is InChI=1S/C45H83NO9/c1-3-5-7-9-11-13-15-17-18-19-20-22-24-26-28-30-32-34-39(49)44(53)46-37(36-54-45-43(52)42(51)41(50)40(35-47)55-45)38(48)33-31-29-27-25-23-21-16-14-12-10-8-6-4-2/h12,14,23,25,31,33,37-43,45,47-52H,3-11,13,15-22,24,26-30,32,34-36H2,1-2H3,(H,46,53)/b14-12+,25-23+,33-31+. The lowest BCUT2D eigenvalue weighted by Gasteiger charge is -2.40. The van der Waals surface area contributed by atoms with E-state index < -0.39 is 61.5 Å². The topological polar surface area (TPSA) is 169 Å². The number of rotatable bonds is 36. The Morgan fingerprint density at radius 3 is 1.58 bits per heavy atom. The molecule has 0 bridgehead atoms. The first-order valence-corrected chi connectivity index (χ1v) is 22.3. The molecule has 0 aromatic carbocycles. The Hall–Kier alpha value is -1.63. The number of nitrogens with one attached hydrogen (secondary N) is 1. The van der Waals surface area contributed by atoms with Gasteiger partial charge in [-0.25, -0.2) is 0 Å². The molecule has 1 aliphatic heterocycles. The fraction of sp³-hybridized carbons (Fsp3) is 0.844. The van der Waals surface area contributed by atoms with Crippen LogP contribution in [0, 0.1) is 0 Å². The van der Waals surface area contributed by atoms with Crippen LogP contribution < -0.4 is 5.32 Å². The van der Waals surface area contributed by atoms with Gasteiger partial charge in [-0.15, -0.1) is 0 Å². The largest absolute Gasteiger partial charge is 0.394 e. The second-order valence-corrected chi connectivity index (χ2v) is 15.6. The molecule has 0 aromatic rings. The third-order valence-electron chi connectivity index (χ3n) is 10.6. The number of aliphatic hydroxyl groups excluding tert-OH is 6.